The van der Waals surface area contributed by atoms with Crippen LogP contribution in [0.1, 0.15) is 13.8 Å². The minimum Gasteiger partial charge on any atom is -0.466 e. The molecule has 1 unspecified atom stereocenters. The van der Waals surface area contributed by atoms with Crippen molar-refractivity contribution in [2.45, 2.75) is 20.0 Å². The maximum atomic E-state index is 12.7. The molecule has 1 rings (SSSR count). The van der Waals surface area contributed by atoms with Crippen LogP contribution in [-0.2, 0) is 14.3 Å². The summed E-state index contributed by atoms with van der Waals surface area (Å²) in [7, 11) is 1.21. The lowest BCUT2D eigenvalue weighted by atomic mass is 10.1. The highest BCUT2D eigenvalue weighted by molar-refractivity contribution is 5.88. The van der Waals surface area contributed by atoms with Crippen LogP contribution in [0.4, 0.5) is 14.9 Å². The normalized spacial score (nSPS) is 12.5. The molecular weight excluding hydrogens is 265 g/mol. The molecule has 0 fully saturated rings. The van der Waals surface area contributed by atoms with Crippen molar-refractivity contribution in [1.29, 1.82) is 0 Å². The molecule has 0 saturated heterocycles. The van der Waals surface area contributed by atoms with E-state index in [4.69, 9.17) is 4.74 Å². The number of methoxy groups -OCH3 is 1. The second kappa shape index (κ2) is 7.28. The van der Waals surface area contributed by atoms with Crippen LogP contribution < -0.4 is 5.32 Å². The number of carbonyl (C=O) groups excluding carboxylic acids is 2. The summed E-state index contributed by atoms with van der Waals surface area (Å²) in [5.74, 6) is -1.09. The van der Waals surface area contributed by atoms with Gasteiger partial charge in [-0.2, -0.15) is 0 Å². The van der Waals surface area contributed by atoms with Crippen LogP contribution in [0.25, 0.3) is 0 Å². The molecule has 0 aliphatic rings. The molecule has 0 aliphatic carbocycles. The van der Waals surface area contributed by atoms with Crippen LogP contribution in [0.3, 0.4) is 0 Å². The highest BCUT2D eigenvalue weighted by Crippen LogP contribution is 2.12. The van der Waals surface area contributed by atoms with Gasteiger partial charge in [-0.3, -0.25) is 5.32 Å². The fourth-order valence-corrected chi connectivity index (χ4v) is 1.37. The lowest BCUT2D eigenvalue weighted by Crippen LogP contribution is -2.31. The molecule has 1 atom stereocenters. The predicted octanol–water partition coefficient (Wildman–Crippen LogP) is 2.88. The molecule has 0 saturated carbocycles. The van der Waals surface area contributed by atoms with E-state index in [-0.39, 0.29) is 0 Å². The number of nitrogens with one attached hydrogen (secondary N) is 1. The van der Waals surface area contributed by atoms with E-state index in [9.17, 15) is 14.0 Å². The molecule has 6 heteroatoms. The maximum absolute atomic E-state index is 12.7. The van der Waals surface area contributed by atoms with E-state index in [1.165, 1.54) is 31.4 Å². The lowest BCUT2D eigenvalue weighted by molar-refractivity contribution is -0.148. The number of hydrogen-bond donors (Lipinski definition) is 1. The number of carbonyl (C=O) groups is 2. The van der Waals surface area contributed by atoms with Gasteiger partial charge in [-0.15, -0.1) is 0 Å². The number of halogens is 1. The molecule has 1 amide bonds. The molecule has 1 aromatic rings. The monoisotopic (exact) mass is 281 g/mol. The zero-order chi connectivity index (χ0) is 15.1. The zero-order valence-corrected chi connectivity index (χ0v) is 11.5. The molecular formula is C14H16FNO4. The van der Waals surface area contributed by atoms with Crippen LogP contribution in [-0.4, -0.2) is 25.3 Å². The van der Waals surface area contributed by atoms with Crippen molar-refractivity contribution in [2.24, 2.45) is 0 Å². The van der Waals surface area contributed by atoms with E-state index in [0.717, 1.165) is 0 Å². The molecule has 0 aliphatic heterocycles. The van der Waals surface area contributed by atoms with Crippen LogP contribution in [0.5, 0.6) is 0 Å². The number of amides is 1. The van der Waals surface area contributed by atoms with Crippen molar-refractivity contribution in [3.05, 3.63) is 41.7 Å². The van der Waals surface area contributed by atoms with Gasteiger partial charge in [0.15, 0.2) is 0 Å². The predicted molar refractivity (Wildman–Crippen MR) is 71.7 cm³/mol. The van der Waals surface area contributed by atoms with Gasteiger partial charge < -0.3 is 9.47 Å². The summed E-state index contributed by atoms with van der Waals surface area (Å²) < 4.78 is 22.3. The fraction of sp³-hybridized carbons (Fsp3) is 0.286. The first-order chi connectivity index (χ1) is 9.47. The van der Waals surface area contributed by atoms with Gasteiger partial charge >= 0.3 is 12.1 Å². The summed E-state index contributed by atoms with van der Waals surface area (Å²) in [6, 6.07) is 5.16. The first-order valence-corrected chi connectivity index (χ1v) is 5.91. The van der Waals surface area contributed by atoms with Crippen molar-refractivity contribution in [2.75, 3.05) is 12.4 Å². The van der Waals surface area contributed by atoms with Gasteiger partial charge in [0.25, 0.3) is 0 Å². The molecule has 108 valence electrons. The second-order valence-electron chi connectivity index (χ2n) is 3.97. The minimum absolute atomic E-state index is 0.359. The third kappa shape index (κ3) is 4.38. The van der Waals surface area contributed by atoms with Crippen LogP contribution >= 0.6 is 0 Å². The zero-order valence-electron chi connectivity index (χ0n) is 11.5. The Hall–Kier alpha value is -2.37. The topological polar surface area (TPSA) is 64.6 Å². The van der Waals surface area contributed by atoms with Gasteiger partial charge in [0.2, 0.25) is 6.10 Å². The summed E-state index contributed by atoms with van der Waals surface area (Å²) >= 11 is 0. The average Bonchev–Trinajstić information content (AvgIpc) is 2.45. The fourth-order valence-electron chi connectivity index (χ4n) is 1.37. The number of hydrogen-bond acceptors (Lipinski definition) is 4. The molecule has 5 nitrogen and oxygen atoms in total. The molecule has 0 radical (unpaired) electrons. The van der Waals surface area contributed by atoms with E-state index < -0.39 is 24.0 Å². The Morgan fingerprint density at radius 1 is 1.30 bits per heavy atom. The third-order valence-electron chi connectivity index (χ3n) is 2.60. The summed E-state index contributed by atoms with van der Waals surface area (Å²) in [6.45, 7) is 3.36. The van der Waals surface area contributed by atoms with E-state index in [1.54, 1.807) is 19.9 Å². The van der Waals surface area contributed by atoms with Crippen LogP contribution in [0.2, 0.25) is 0 Å². The Kier molecular flexibility index (Phi) is 5.71. The lowest BCUT2D eigenvalue weighted by Gasteiger charge is -2.16. The molecule has 20 heavy (non-hydrogen) atoms. The van der Waals surface area contributed by atoms with Crippen molar-refractivity contribution >= 4 is 17.7 Å². The summed E-state index contributed by atoms with van der Waals surface area (Å²) in [5.41, 5.74) is 0.907. The number of ether oxygens (including phenoxy) is 2. The van der Waals surface area contributed by atoms with Crippen LogP contribution in [0.15, 0.2) is 35.9 Å². The Morgan fingerprint density at radius 3 is 2.40 bits per heavy atom. The van der Waals surface area contributed by atoms with E-state index in [2.05, 4.69) is 10.1 Å². The summed E-state index contributed by atoms with van der Waals surface area (Å²) in [5, 5.41) is 2.39. The van der Waals surface area contributed by atoms with Crippen molar-refractivity contribution in [1.82, 2.24) is 0 Å². The SMILES string of the molecule is CC=C(C)C(OC(=O)Nc1ccc(F)cc1)C(=O)OC. The number of anilines is 1. The van der Waals surface area contributed by atoms with E-state index >= 15 is 0 Å². The molecule has 0 aromatic heterocycles. The molecule has 1 aromatic carbocycles. The summed E-state index contributed by atoms with van der Waals surface area (Å²) in [6.07, 6.45) is -0.286. The van der Waals surface area contributed by atoms with Crippen LogP contribution in [0, 0.1) is 5.82 Å². The van der Waals surface area contributed by atoms with Gasteiger partial charge in [-0.1, -0.05) is 6.08 Å². The van der Waals surface area contributed by atoms with E-state index in [1.807, 2.05) is 0 Å². The average molecular weight is 281 g/mol. The molecule has 1 N–H and O–H groups in total. The van der Waals surface area contributed by atoms with Crippen molar-refractivity contribution < 1.29 is 23.5 Å². The first kappa shape index (κ1) is 15.7. The summed E-state index contributed by atoms with van der Waals surface area (Å²) in [4.78, 5) is 23.2. The van der Waals surface area contributed by atoms with Gasteiger partial charge in [0.1, 0.15) is 5.82 Å². The van der Waals surface area contributed by atoms with E-state index in [0.29, 0.717) is 11.3 Å². The number of allylic oxidation sites excluding steroid dienone is 1. The van der Waals surface area contributed by atoms with Crippen molar-refractivity contribution in [3.8, 4) is 0 Å². The second-order valence-corrected chi connectivity index (χ2v) is 3.97. The standard InChI is InChI=1S/C14H16FNO4/c1-4-9(2)12(13(17)19-3)20-14(18)16-11-7-5-10(15)6-8-11/h4-8,12H,1-3H3,(H,16,18). The quantitative estimate of drug-likeness (QED) is 0.680. The Balaban J connectivity index is 2.71. The third-order valence-corrected chi connectivity index (χ3v) is 2.60. The first-order valence-electron chi connectivity index (χ1n) is 5.91. The molecule has 0 heterocycles. The van der Waals surface area contributed by atoms with Crippen molar-refractivity contribution in [3.63, 3.8) is 0 Å². The Labute approximate surface area is 116 Å². The van der Waals surface area contributed by atoms with Gasteiger partial charge in [0, 0.05) is 5.69 Å². The Bertz CT molecular complexity index is 510. The van der Waals surface area contributed by atoms with Gasteiger partial charge in [-0.25, -0.2) is 14.0 Å². The highest BCUT2D eigenvalue weighted by atomic mass is 19.1. The number of benzene rings is 1. The van der Waals surface area contributed by atoms with Gasteiger partial charge in [0.05, 0.1) is 7.11 Å². The minimum atomic E-state index is -1.11. The smallest absolute Gasteiger partial charge is 0.412 e. The maximum Gasteiger partial charge on any atom is 0.412 e. The largest absolute Gasteiger partial charge is 0.466 e. The number of esters is 1. The van der Waals surface area contributed by atoms with Gasteiger partial charge in [-0.05, 0) is 43.7 Å². The highest BCUT2D eigenvalue weighted by Gasteiger charge is 2.25. The molecule has 0 spiro atoms. The number of rotatable bonds is 4. The molecule has 0 bridgehead atoms. The Morgan fingerprint density at radius 2 is 1.90 bits per heavy atom.